The molecular weight excluding hydrogens is 270 g/mol. The monoisotopic (exact) mass is 289 g/mol. The Labute approximate surface area is 125 Å². The minimum atomic E-state index is 0.262. The highest BCUT2D eigenvalue weighted by molar-refractivity contribution is 6.30. The van der Waals surface area contributed by atoms with E-state index in [0.717, 1.165) is 10.9 Å². The first kappa shape index (κ1) is 12.5. The van der Waals surface area contributed by atoms with Gasteiger partial charge in [-0.1, -0.05) is 23.7 Å². The molecule has 4 aliphatic rings. The Morgan fingerprint density at radius 1 is 1.10 bits per heavy atom. The number of piperidine rings is 3. The Balaban J connectivity index is 1.57. The minimum absolute atomic E-state index is 0.262. The molecule has 3 saturated heterocycles. The van der Waals surface area contributed by atoms with Gasteiger partial charge in [0.05, 0.1) is 0 Å². The average Bonchev–Trinajstić information content (AvgIpc) is 2.98. The molecular formula is C16H20ClN3. The molecule has 0 amide bonds. The summed E-state index contributed by atoms with van der Waals surface area (Å²) in [6.07, 6.45) is 7.27. The van der Waals surface area contributed by atoms with E-state index in [4.69, 9.17) is 11.6 Å². The van der Waals surface area contributed by atoms with Gasteiger partial charge in [-0.3, -0.25) is 0 Å². The zero-order valence-electron chi connectivity index (χ0n) is 11.5. The third-order valence-corrected chi connectivity index (χ3v) is 5.24. The fraction of sp³-hybridized carbons (Fsp3) is 0.500. The Kier molecular flexibility index (Phi) is 3.12. The molecule has 2 bridgehead atoms. The standard InChI is InChI=1S/C16H20ClN3/c17-14-3-1-13(2-4-14)16-18-7-10-20(16)15-11-19-8-5-12(15)6-9-19/h1-4,7,10,12,15-16,18H,5-6,8-9,11H2. The van der Waals surface area contributed by atoms with Gasteiger partial charge in [-0.15, -0.1) is 0 Å². The Morgan fingerprint density at radius 3 is 2.50 bits per heavy atom. The van der Waals surface area contributed by atoms with Crippen LogP contribution in [-0.2, 0) is 0 Å². The number of nitrogens with zero attached hydrogens (tertiary/aromatic N) is 2. The Bertz CT molecular complexity index is 505. The molecule has 0 spiro atoms. The number of nitrogens with one attached hydrogen (secondary N) is 1. The van der Waals surface area contributed by atoms with Crippen molar-refractivity contribution in [2.45, 2.75) is 25.0 Å². The van der Waals surface area contributed by atoms with E-state index < -0.39 is 0 Å². The number of rotatable bonds is 2. The lowest BCUT2D eigenvalue weighted by atomic mass is 9.83. The SMILES string of the molecule is Clc1ccc(C2NC=CN2C2CN3CCC2CC3)cc1. The fourth-order valence-corrected chi connectivity index (χ4v) is 4.01. The molecule has 2 unspecified atom stereocenters. The van der Waals surface area contributed by atoms with Crippen molar-refractivity contribution >= 4 is 11.6 Å². The molecule has 3 fully saturated rings. The number of halogens is 1. The summed E-state index contributed by atoms with van der Waals surface area (Å²) in [6.45, 7) is 3.79. The van der Waals surface area contributed by atoms with Gasteiger partial charge in [0.25, 0.3) is 0 Å². The van der Waals surface area contributed by atoms with Crippen LogP contribution in [-0.4, -0.2) is 35.5 Å². The van der Waals surface area contributed by atoms with Crippen molar-refractivity contribution < 1.29 is 0 Å². The molecule has 106 valence electrons. The van der Waals surface area contributed by atoms with Gasteiger partial charge < -0.3 is 15.1 Å². The third-order valence-electron chi connectivity index (χ3n) is 4.99. The average molecular weight is 290 g/mol. The summed E-state index contributed by atoms with van der Waals surface area (Å²) in [5, 5.41) is 4.28. The van der Waals surface area contributed by atoms with Crippen molar-refractivity contribution in [2.75, 3.05) is 19.6 Å². The van der Waals surface area contributed by atoms with Gasteiger partial charge in [0, 0.05) is 30.0 Å². The molecule has 1 aromatic carbocycles. The summed E-state index contributed by atoms with van der Waals surface area (Å²) in [6, 6.07) is 8.85. The van der Waals surface area contributed by atoms with E-state index in [1.54, 1.807) is 0 Å². The highest BCUT2D eigenvalue weighted by Gasteiger charge is 2.39. The molecule has 0 radical (unpaired) electrons. The van der Waals surface area contributed by atoms with E-state index in [-0.39, 0.29) is 6.17 Å². The van der Waals surface area contributed by atoms with Crippen LogP contribution in [0.5, 0.6) is 0 Å². The van der Waals surface area contributed by atoms with Crippen LogP contribution >= 0.6 is 11.6 Å². The maximum absolute atomic E-state index is 6.00. The first-order chi connectivity index (χ1) is 9.81. The van der Waals surface area contributed by atoms with Crippen LogP contribution in [0.1, 0.15) is 24.6 Å². The maximum atomic E-state index is 6.00. The second kappa shape index (κ2) is 4.97. The smallest absolute Gasteiger partial charge is 0.125 e. The summed E-state index contributed by atoms with van der Waals surface area (Å²) in [4.78, 5) is 5.12. The summed E-state index contributed by atoms with van der Waals surface area (Å²) < 4.78 is 0. The van der Waals surface area contributed by atoms with Gasteiger partial charge in [0.2, 0.25) is 0 Å². The van der Waals surface area contributed by atoms with E-state index >= 15 is 0 Å². The normalized spacial score (nSPS) is 35.4. The first-order valence-corrected chi connectivity index (χ1v) is 7.87. The van der Waals surface area contributed by atoms with Crippen molar-refractivity contribution in [1.29, 1.82) is 0 Å². The highest BCUT2D eigenvalue weighted by Crippen LogP contribution is 2.36. The van der Waals surface area contributed by atoms with Gasteiger partial charge in [-0.2, -0.15) is 0 Å². The quantitative estimate of drug-likeness (QED) is 0.903. The van der Waals surface area contributed by atoms with E-state index in [1.807, 2.05) is 12.1 Å². The largest absolute Gasteiger partial charge is 0.366 e. The van der Waals surface area contributed by atoms with Crippen molar-refractivity contribution in [3.8, 4) is 0 Å². The van der Waals surface area contributed by atoms with Crippen LogP contribution in [0, 0.1) is 5.92 Å². The van der Waals surface area contributed by atoms with Crippen LogP contribution in [0.25, 0.3) is 0 Å². The molecule has 2 atom stereocenters. The molecule has 5 rings (SSSR count). The van der Waals surface area contributed by atoms with Crippen molar-refractivity contribution in [3.63, 3.8) is 0 Å². The van der Waals surface area contributed by atoms with E-state index in [1.165, 1.54) is 38.0 Å². The molecule has 20 heavy (non-hydrogen) atoms. The molecule has 0 aromatic heterocycles. The molecule has 1 aromatic rings. The van der Waals surface area contributed by atoms with Gasteiger partial charge >= 0.3 is 0 Å². The lowest BCUT2D eigenvalue weighted by Gasteiger charge is -2.49. The number of hydrogen-bond donors (Lipinski definition) is 1. The van der Waals surface area contributed by atoms with Gasteiger partial charge in [0.15, 0.2) is 0 Å². The minimum Gasteiger partial charge on any atom is -0.366 e. The van der Waals surface area contributed by atoms with Crippen molar-refractivity contribution in [1.82, 2.24) is 15.1 Å². The fourth-order valence-electron chi connectivity index (χ4n) is 3.88. The number of benzene rings is 1. The zero-order chi connectivity index (χ0) is 13.5. The second-order valence-electron chi connectivity index (χ2n) is 6.09. The van der Waals surface area contributed by atoms with E-state index in [2.05, 4.69) is 39.6 Å². The summed E-state index contributed by atoms with van der Waals surface area (Å²) in [5.74, 6) is 0.847. The zero-order valence-corrected chi connectivity index (χ0v) is 12.3. The van der Waals surface area contributed by atoms with Crippen LogP contribution in [0.15, 0.2) is 36.7 Å². The predicted molar refractivity (Wildman–Crippen MR) is 81.3 cm³/mol. The van der Waals surface area contributed by atoms with Gasteiger partial charge in [0.1, 0.15) is 6.17 Å². The van der Waals surface area contributed by atoms with Crippen LogP contribution in [0.4, 0.5) is 0 Å². The van der Waals surface area contributed by atoms with Crippen molar-refractivity contribution in [3.05, 3.63) is 47.3 Å². The summed E-state index contributed by atoms with van der Waals surface area (Å²) in [7, 11) is 0. The molecule has 3 nitrogen and oxygen atoms in total. The number of hydrogen-bond acceptors (Lipinski definition) is 3. The predicted octanol–water partition coefficient (Wildman–Crippen LogP) is 2.81. The van der Waals surface area contributed by atoms with Gasteiger partial charge in [-0.25, -0.2) is 0 Å². The van der Waals surface area contributed by atoms with Crippen LogP contribution < -0.4 is 5.32 Å². The van der Waals surface area contributed by atoms with Crippen LogP contribution in [0.2, 0.25) is 5.02 Å². The first-order valence-electron chi connectivity index (χ1n) is 7.49. The number of fused-ring (bicyclic) bond motifs is 3. The molecule has 4 heterocycles. The van der Waals surface area contributed by atoms with Gasteiger partial charge in [-0.05, 0) is 49.5 Å². The van der Waals surface area contributed by atoms with Crippen molar-refractivity contribution in [2.24, 2.45) is 5.92 Å². The lowest BCUT2D eigenvalue weighted by Crippen LogP contribution is -2.56. The maximum Gasteiger partial charge on any atom is 0.125 e. The van der Waals surface area contributed by atoms with E-state index in [9.17, 15) is 0 Å². The second-order valence-corrected chi connectivity index (χ2v) is 6.53. The molecule has 4 heteroatoms. The van der Waals surface area contributed by atoms with E-state index in [0.29, 0.717) is 6.04 Å². The third kappa shape index (κ3) is 2.09. The highest BCUT2D eigenvalue weighted by atomic mass is 35.5. The molecule has 0 saturated carbocycles. The molecule has 1 N–H and O–H groups in total. The summed E-state index contributed by atoms with van der Waals surface area (Å²) in [5.41, 5.74) is 1.29. The van der Waals surface area contributed by atoms with Crippen LogP contribution in [0.3, 0.4) is 0 Å². The molecule has 0 aliphatic carbocycles. The Hall–Kier alpha value is -1.19. The Morgan fingerprint density at radius 2 is 1.85 bits per heavy atom. The topological polar surface area (TPSA) is 18.5 Å². The lowest BCUT2D eigenvalue weighted by molar-refractivity contribution is 0.0108. The summed E-state index contributed by atoms with van der Waals surface area (Å²) >= 11 is 6.00. The molecule has 4 aliphatic heterocycles.